The standard InChI is InChI=1S/C31H46N2O4/c1-23-16-17-28(29(34)19-23)25(3)20-27-22-37-31(32-27)24(2)15-13-11-9-7-8-10-12-14-18-33(5)30(35)21-26(4)36-6/h7,9,11-14,21-23,25,28-29,34H,2,8,10,15-20H2,1,3-6H3/b9-7-,13-11-,14-12+,26-21+/t23-,25+,28+,29-/m1/s1. The normalized spacial score (nSPS) is 21.7. The first-order chi connectivity index (χ1) is 17.7. The Bertz CT molecular complexity index is 972. The molecular weight excluding hydrogens is 464 g/mol. The van der Waals surface area contributed by atoms with Gasteiger partial charge < -0.3 is 19.2 Å². The van der Waals surface area contributed by atoms with Gasteiger partial charge in [0, 0.05) is 25.2 Å². The summed E-state index contributed by atoms with van der Waals surface area (Å²) in [6.07, 6.45) is 21.8. The van der Waals surface area contributed by atoms with Gasteiger partial charge in [-0.3, -0.25) is 4.79 Å². The molecule has 0 radical (unpaired) electrons. The summed E-state index contributed by atoms with van der Waals surface area (Å²) in [4.78, 5) is 18.2. The summed E-state index contributed by atoms with van der Waals surface area (Å²) in [5.74, 6) is 2.45. The molecule has 0 unspecified atom stereocenters. The minimum atomic E-state index is -0.208. The zero-order valence-corrected chi connectivity index (χ0v) is 23.4. The number of rotatable bonds is 14. The average molecular weight is 511 g/mol. The number of carbonyl (C=O) groups is 1. The molecule has 1 saturated carbocycles. The van der Waals surface area contributed by atoms with Crippen molar-refractivity contribution in [2.24, 2.45) is 17.8 Å². The highest BCUT2D eigenvalue weighted by Crippen LogP contribution is 2.35. The smallest absolute Gasteiger partial charge is 0.249 e. The zero-order chi connectivity index (χ0) is 27.2. The summed E-state index contributed by atoms with van der Waals surface area (Å²) in [6, 6.07) is 0. The molecule has 1 aromatic rings. The Morgan fingerprint density at radius 1 is 1.27 bits per heavy atom. The van der Waals surface area contributed by atoms with Crippen molar-refractivity contribution >= 4 is 11.5 Å². The van der Waals surface area contributed by atoms with Gasteiger partial charge in [-0.2, -0.15) is 0 Å². The Labute approximate surface area is 223 Å². The molecule has 37 heavy (non-hydrogen) atoms. The Morgan fingerprint density at radius 2 is 2.00 bits per heavy atom. The summed E-state index contributed by atoms with van der Waals surface area (Å²) in [7, 11) is 3.32. The molecule has 1 aliphatic rings. The van der Waals surface area contributed by atoms with Gasteiger partial charge in [0.1, 0.15) is 6.26 Å². The molecule has 0 spiro atoms. The fraction of sp³-hybridized carbons (Fsp3) is 0.548. The Kier molecular flexibility index (Phi) is 13.2. The summed E-state index contributed by atoms with van der Waals surface area (Å²) in [5.41, 5.74) is 1.79. The maximum absolute atomic E-state index is 11.9. The van der Waals surface area contributed by atoms with Crippen LogP contribution in [0.2, 0.25) is 0 Å². The number of allylic oxidation sites excluding steroid dienone is 7. The number of ether oxygens (including phenoxy) is 1. The largest absolute Gasteiger partial charge is 0.501 e. The van der Waals surface area contributed by atoms with Gasteiger partial charge in [0.25, 0.3) is 0 Å². The van der Waals surface area contributed by atoms with Crippen LogP contribution in [0.4, 0.5) is 0 Å². The van der Waals surface area contributed by atoms with E-state index in [9.17, 15) is 9.90 Å². The number of hydrogen-bond donors (Lipinski definition) is 1. The van der Waals surface area contributed by atoms with Crippen LogP contribution in [0.3, 0.4) is 0 Å². The fourth-order valence-corrected chi connectivity index (χ4v) is 4.61. The lowest BCUT2D eigenvalue weighted by Gasteiger charge is -2.35. The lowest BCUT2D eigenvalue weighted by atomic mass is 9.74. The van der Waals surface area contributed by atoms with E-state index in [4.69, 9.17) is 9.15 Å². The number of amides is 1. The third kappa shape index (κ3) is 11.0. The minimum Gasteiger partial charge on any atom is -0.501 e. The first-order valence-electron chi connectivity index (χ1n) is 13.5. The number of aliphatic hydroxyl groups is 1. The molecule has 4 atom stereocenters. The Hall–Kier alpha value is -2.86. The molecule has 0 bridgehead atoms. The fourth-order valence-electron chi connectivity index (χ4n) is 4.61. The van der Waals surface area contributed by atoms with Crippen molar-refractivity contribution in [2.75, 3.05) is 20.7 Å². The average Bonchev–Trinajstić information content (AvgIpc) is 3.33. The van der Waals surface area contributed by atoms with Gasteiger partial charge in [-0.1, -0.05) is 63.3 Å². The third-order valence-electron chi connectivity index (χ3n) is 7.07. The van der Waals surface area contributed by atoms with Crippen LogP contribution >= 0.6 is 0 Å². The molecule has 0 aromatic carbocycles. The zero-order valence-electron chi connectivity index (χ0n) is 23.4. The SMILES string of the molecule is C=C(C/C=C\C=C/CC/C=C/CN(C)C(=O)/C=C(\C)OC)c1nc(C[C@H](C)[C@@H]2CC[C@@H](C)C[C@H]2O)co1. The van der Waals surface area contributed by atoms with Gasteiger partial charge in [-0.25, -0.2) is 4.98 Å². The first kappa shape index (κ1) is 30.4. The van der Waals surface area contributed by atoms with Crippen molar-refractivity contribution in [3.63, 3.8) is 0 Å². The van der Waals surface area contributed by atoms with Crippen LogP contribution in [0, 0.1) is 17.8 Å². The number of unbranched alkanes of at least 4 members (excludes halogenated alkanes) is 1. The number of aliphatic hydroxyl groups excluding tert-OH is 1. The van der Waals surface area contributed by atoms with Crippen molar-refractivity contribution in [1.82, 2.24) is 9.88 Å². The van der Waals surface area contributed by atoms with E-state index in [-0.39, 0.29) is 12.0 Å². The number of hydrogen-bond acceptors (Lipinski definition) is 5. The van der Waals surface area contributed by atoms with E-state index in [0.717, 1.165) is 43.4 Å². The molecule has 6 heteroatoms. The molecule has 1 heterocycles. The van der Waals surface area contributed by atoms with Crippen LogP contribution in [-0.2, 0) is 16.0 Å². The van der Waals surface area contributed by atoms with Crippen LogP contribution in [0.1, 0.15) is 70.9 Å². The van der Waals surface area contributed by atoms with Gasteiger partial charge in [0.2, 0.25) is 11.8 Å². The van der Waals surface area contributed by atoms with Gasteiger partial charge >= 0.3 is 0 Å². The molecular formula is C31H46N2O4. The lowest BCUT2D eigenvalue weighted by Crippen LogP contribution is -2.33. The molecule has 1 amide bonds. The van der Waals surface area contributed by atoms with E-state index in [1.807, 2.05) is 18.2 Å². The van der Waals surface area contributed by atoms with Crippen LogP contribution in [0.5, 0.6) is 0 Å². The molecule has 0 aliphatic heterocycles. The van der Waals surface area contributed by atoms with Crippen LogP contribution in [-0.4, -0.2) is 47.7 Å². The summed E-state index contributed by atoms with van der Waals surface area (Å²) in [6.45, 7) is 10.9. The highest BCUT2D eigenvalue weighted by atomic mass is 16.5. The van der Waals surface area contributed by atoms with Crippen LogP contribution in [0.25, 0.3) is 5.57 Å². The van der Waals surface area contributed by atoms with Gasteiger partial charge in [-0.15, -0.1) is 0 Å². The first-order valence-corrected chi connectivity index (χ1v) is 13.5. The number of oxazole rings is 1. The number of methoxy groups -OCH3 is 1. The molecule has 1 aromatic heterocycles. The molecule has 2 rings (SSSR count). The van der Waals surface area contributed by atoms with Crippen LogP contribution < -0.4 is 0 Å². The quantitative estimate of drug-likeness (QED) is 0.101. The monoisotopic (exact) mass is 510 g/mol. The maximum atomic E-state index is 11.9. The molecule has 1 N–H and O–H groups in total. The number of nitrogens with zero attached hydrogens (tertiary/aromatic N) is 2. The van der Waals surface area contributed by atoms with Gasteiger partial charge in [0.15, 0.2) is 0 Å². The topological polar surface area (TPSA) is 75.8 Å². The maximum Gasteiger partial charge on any atom is 0.249 e. The molecule has 1 fully saturated rings. The van der Waals surface area contributed by atoms with Crippen molar-refractivity contribution in [3.05, 3.63) is 72.7 Å². The highest BCUT2D eigenvalue weighted by Gasteiger charge is 2.31. The van der Waals surface area contributed by atoms with E-state index in [1.54, 1.807) is 32.2 Å². The molecule has 1 aliphatic carbocycles. The predicted molar refractivity (Wildman–Crippen MR) is 151 cm³/mol. The van der Waals surface area contributed by atoms with Crippen LogP contribution in [0.15, 0.2) is 65.6 Å². The molecule has 0 saturated heterocycles. The number of likely N-dealkylation sites (N-methyl/N-ethyl adjacent to an activating group) is 1. The van der Waals surface area contributed by atoms with E-state index >= 15 is 0 Å². The van der Waals surface area contributed by atoms with Crippen molar-refractivity contribution in [2.45, 2.75) is 71.8 Å². The molecule has 6 nitrogen and oxygen atoms in total. The Morgan fingerprint density at radius 3 is 2.73 bits per heavy atom. The minimum absolute atomic E-state index is 0.0693. The second-order valence-electron chi connectivity index (χ2n) is 10.4. The van der Waals surface area contributed by atoms with Crippen molar-refractivity contribution in [1.29, 1.82) is 0 Å². The lowest BCUT2D eigenvalue weighted by molar-refractivity contribution is -0.124. The van der Waals surface area contributed by atoms with Crippen molar-refractivity contribution in [3.8, 4) is 0 Å². The number of carbonyl (C=O) groups excluding carboxylic acids is 1. The van der Waals surface area contributed by atoms with Crippen molar-refractivity contribution < 1.29 is 19.1 Å². The summed E-state index contributed by atoms with van der Waals surface area (Å²) < 4.78 is 10.7. The second kappa shape index (κ2) is 16.1. The molecule has 204 valence electrons. The highest BCUT2D eigenvalue weighted by molar-refractivity contribution is 5.87. The third-order valence-corrected chi connectivity index (χ3v) is 7.07. The second-order valence-corrected chi connectivity index (χ2v) is 10.4. The van der Waals surface area contributed by atoms with Gasteiger partial charge in [0.05, 0.1) is 24.7 Å². The van der Waals surface area contributed by atoms with E-state index in [1.165, 1.54) is 12.5 Å². The Balaban J connectivity index is 1.65. The van der Waals surface area contributed by atoms with E-state index < -0.39 is 0 Å². The predicted octanol–water partition coefficient (Wildman–Crippen LogP) is 6.51. The van der Waals surface area contributed by atoms with Gasteiger partial charge in [-0.05, 0) is 63.2 Å². The number of aromatic nitrogens is 1. The van der Waals surface area contributed by atoms with E-state index in [0.29, 0.717) is 42.4 Å². The summed E-state index contributed by atoms with van der Waals surface area (Å²) >= 11 is 0. The van der Waals surface area contributed by atoms with E-state index in [2.05, 4.69) is 43.6 Å². The summed E-state index contributed by atoms with van der Waals surface area (Å²) in [5, 5.41) is 10.5.